The Bertz CT molecular complexity index is 1290. The summed E-state index contributed by atoms with van der Waals surface area (Å²) in [6.07, 6.45) is -4.88. The predicted octanol–water partition coefficient (Wildman–Crippen LogP) is 4.97. The maximum Gasteiger partial charge on any atom is 0.418 e. The molecule has 6 rings (SSSR count). The third-order valence-electron chi connectivity index (χ3n) is 6.20. The molecule has 0 aliphatic carbocycles. The molecule has 13 heteroatoms. The fourth-order valence-corrected chi connectivity index (χ4v) is 5.42. The first kappa shape index (κ1) is 25.5. The zero-order chi connectivity index (χ0) is 26.5. The maximum atomic E-state index is 13.9. The first-order valence-electron chi connectivity index (χ1n) is 11.7. The van der Waals surface area contributed by atoms with Crippen LogP contribution in [0.2, 0.25) is 0 Å². The van der Waals surface area contributed by atoms with Gasteiger partial charge in [0.25, 0.3) is 6.01 Å². The third-order valence-corrected chi connectivity index (χ3v) is 7.01. The number of carbonyl (C=O) groups excluding carboxylic acids is 2. The normalized spacial score (nSPS) is 20.6. The number of nitrogens with zero attached hydrogens (tertiary/aromatic N) is 4. The molecule has 1 amide bonds. The minimum absolute atomic E-state index is 0.0147. The van der Waals surface area contributed by atoms with Gasteiger partial charge in [-0.15, -0.1) is 11.3 Å². The summed E-state index contributed by atoms with van der Waals surface area (Å²) < 4.78 is 58.2. The van der Waals surface area contributed by atoms with Gasteiger partial charge in [0.2, 0.25) is 0 Å². The number of amides is 1. The van der Waals surface area contributed by atoms with Gasteiger partial charge in [0.15, 0.2) is 11.7 Å². The van der Waals surface area contributed by atoms with Crippen LogP contribution in [-0.4, -0.2) is 70.8 Å². The molecule has 37 heavy (non-hydrogen) atoms. The van der Waals surface area contributed by atoms with E-state index in [-0.39, 0.29) is 47.1 Å². The number of carbonyl (C=O) groups is 2. The van der Waals surface area contributed by atoms with E-state index >= 15 is 0 Å². The number of hydrogen-bond donors (Lipinski definition) is 0. The van der Waals surface area contributed by atoms with Gasteiger partial charge >= 0.3 is 12.3 Å². The number of hydrogen-bond acceptors (Lipinski definition) is 9. The Hall–Kier alpha value is -3.19. The summed E-state index contributed by atoms with van der Waals surface area (Å²) >= 11 is 1.31. The molecule has 0 radical (unpaired) electrons. The van der Waals surface area contributed by atoms with E-state index in [1.54, 1.807) is 37.2 Å². The Labute approximate surface area is 214 Å². The molecule has 3 fully saturated rings. The first-order valence-corrected chi connectivity index (χ1v) is 12.6. The van der Waals surface area contributed by atoms with Crippen LogP contribution in [0.4, 0.5) is 24.0 Å². The monoisotopic (exact) mass is 538 g/mol. The summed E-state index contributed by atoms with van der Waals surface area (Å²) in [5.74, 6) is 0. The predicted molar refractivity (Wildman–Crippen MR) is 128 cm³/mol. The van der Waals surface area contributed by atoms with E-state index in [0.717, 1.165) is 6.42 Å². The minimum atomic E-state index is -4.78. The zero-order valence-electron chi connectivity index (χ0n) is 20.3. The lowest BCUT2D eigenvalue weighted by Gasteiger charge is -2.55. The van der Waals surface area contributed by atoms with E-state index in [9.17, 15) is 22.8 Å². The second kappa shape index (κ2) is 9.28. The van der Waals surface area contributed by atoms with Gasteiger partial charge in [-0.2, -0.15) is 18.2 Å². The van der Waals surface area contributed by atoms with Crippen molar-refractivity contribution < 1.29 is 36.7 Å². The Balaban J connectivity index is 1.50. The number of thiazole rings is 1. The van der Waals surface area contributed by atoms with Crippen LogP contribution in [0.5, 0.6) is 0 Å². The molecule has 2 aromatic heterocycles. The van der Waals surface area contributed by atoms with Gasteiger partial charge in [-0.05, 0) is 33.3 Å². The van der Waals surface area contributed by atoms with Crippen molar-refractivity contribution in [2.24, 2.45) is 0 Å². The number of piperazine rings is 1. The van der Waals surface area contributed by atoms with Crippen LogP contribution in [0.15, 0.2) is 28.1 Å². The molecule has 3 unspecified atom stereocenters. The lowest BCUT2D eigenvalue weighted by Crippen LogP contribution is -2.70. The number of halogens is 3. The van der Waals surface area contributed by atoms with Crippen LogP contribution in [0.25, 0.3) is 21.7 Å². The topological polar surface area (TPSA) is 98.0 Å². The molecule has 3 saturated heterocycles. The highest BCUT2D eigenvalue weighted by molar-refractivity contribution is 7.13. The summed E-state index contributed by atoms with van der Waals surface area (Å²) in [6, 6.07) is 2.68. The van der Waals surface area contributed by atoms with Crippen molar-refractivity contribution in [1.82, 2.24) is 14.9 Å². The number of anilines is 1. The van der Waals surface area contributed by atoms with Gasteiger partial charge in [-0.3, -0.25) is 4.90 Å². The van der Waals surface area contributed by atoms with Gasteiger partial charge < -0.3 is 23.6 Å². The molecular formula is C24H25F3N4O5S. The highest BCUT2D eigenvalue weighted by Crippen LogP contribution is 2.43. The number of piperidine rings is 1. The van der Waals surface area contributed by atoms with Crippen molar-refractivity contribution in [3.8, 4) is 10.6 Å². The fraction of sp³-hybridized carbons (Fsp3) is 0.500. The second-order valence-corrected chi connectivity index (χ2v) is 10.9. The van der Waals surface area contributed by atoms with Gasteiger partial charge in [-0.25, -0.2) is 9.78 Å². The maximum absolute atomic E-state index is 13.9. The number of aromatic nitrogens is 2. The summed E-state index contributed by atoms with van der Waals surface area (Å²) in [5.41, 5.74) is -0.239. The van der Waals surface area contributed by atoms with Gasteiger partial charge in [-0.1, -0.05) is 6.07 Å². The first-order chi connectivity index (χ1) is 17.5. The van der Waals surface area contributed by atoms with Crippen LogP contribution in [0.1, 0.15) is 38.9 Å². The quantitative estimate of drug-likeness (QED) is 0.406. The Kier molecular flexibility index (Phi) is 6.39. The number of alkyl halides is 3. The van der Waals surface area contributed by atoms with Gasteiger partial charge in [0, 0.05) is 30.2 Å². The Morgan fingerprint density at radius 1 is 1.27 bits per heavy atom. The van der Waals surface area contributed by atoms with E-state index < -0.39 is 24.5 Å². The SMILES string of the molecule is CC(C)(C)OC(=O)N1C2CC1CN(c1nc3c(C(OCC=O)C(F)(F)F)ccc(-c4nccs4)c3o1)C2. The highest BCUT2D eigenvalue weighted by Gasteiger charge is 2.50. The van der Waals surface area contributed by atoms with Gasteiger partial charge in [0.1, 0.15) is 29.0 Å². The van der Waals surface area contributed by atoms with Crippen LogP contribution in [0.3, 0.4) is 0 Å². The molecule has 0 spiro atoms. The highest BCUT2D eigenvalue weighted by atomic mass is 32.1. The third kappa shape index (κ3) is 4.89. The number of aldehydes is 1. The average Bonchev–Trinajstić information content (AvgIpc) is 3.48. The molecule has 3 aliphatic rings. The fourth-order valence-electron chi connectivity index (χ4n) is 4.76. The summed E-state index contributed by atoms with van der Waals surface area (Å²) in [4.78, 5) is 35.6. The zero-order valence-corrected chi connectivity index (χ0v) is 21.1. The summed E-state index contributed by atoms with van der Waals surface area (Å²) in [6.45, 7) is 5.48. The molecular weight excluding hydrogens is 513 g/mol. The number of ether oxygens (including phenoxy) is 2. The standard InChI is InChI=1S/C24H25F3N4O5S/c1-23(2,3)36-22(33)31-13-10-14(31)12-30(11-13)21-29-17-15(19(24(25,26)27)34-8-7-32)4-5-16(18(17)35-21)20-28-6-9-37-20/h4-7,9,13-14,19H,8,10-12H2,1-3H3. The number of rotatable bonds is 6. The largest absolute Gasteiger partial charge is 0.444 e. The number of benzene rings is 1. The molecule has 3 aliphatic heterocycles. The van der Waals surface area contributed by atoms with Crippen molar-refractivity contribution in [1.29, 1.82) is 0 Å². The summed E-state index contributed by atoms with van der Waals surface area (Å²) in [7, 11) is 0. The van der Waals surface area contributed by atoms with Crippen LogP contribution in [0, 0.1) is 0 Å². The van der Waals surface area contributed by atoms with Crippen LogP contribution >= 0.6 is 11.3 Å². The molecule has 5 heterocycles. The van der Waals surface area contributed by atoms with E-state index in [4.69, 9.17) is 13.9 Å². The molecule has 198 valence electrons. The minimum Gasteiger partial charge on any atom is -0.444 e. The molecule has 0 saturated carbocycles. The Morgan fingerprint density at radius 2 is 2.00 bits per heavy atom. The van der Waals surface area contributed by atoms with E-state index in [1.807, 2.05) is 4.90 Å². The summed E-state index contributed by atoms with van der Waals surface area (Å²) in [5, 5.41) is 2.32. The van der Waals surface area contributed by atoms with Crippen LogP contribution < -0.4 is 4.90 Å². The smallest absolute Gasteiger partial charge is 0.418 e. The Morgan fingerprint density at radius 3 is 2.59 bits per heavy atom. The molecule has 2 bridgehead atoms. The van der Waals surface area contributed by atoms with Crippen LogP contribution in [-0.2, 0) is 14.3 Å². The van der Waals surface area contributed by atoms with Crippen molar-refractivity contribution in [2.75, 3.05) is 24.6 Å². The van der Waals surface area contributed by atoms with Crippen molar-refractivity contribution in [2.45, 2.75) is 57.2 Å². The second-order valence-electron chi connectivity index (χ2n) is 9.97. The molecule has 1 aromatic carbocycles. The van der Waals surface area contributed by atoms with Crippen molar-refractivity contribution in [3.63, 3.8) is 0 Å². The molecule has 0 N–H and O–H groups in total. The molecule has 9 nitrogen and oxygen atoms in total. The number of fused-ring (bicyclic) bond motifs is 3. The lowest BCUT2D eigenvalue weighted by atomic mass is 9.88. The average molecular weight is 539 g/mol. The number of oxazole rings is 1. The lowest BCUT2D eigenvalue weighted by molar-refractivity contribution is -0.221. The van der Waals surface area contributed by atoms with E-state index in [0.29, 0.717) is 23.7 Å². The van der Waals surface area contributed by atoms with Crippen molar-refractivity contribution in [3.05, 3.63) is 29.3 Å². The molecule has 3 atom stereocenters. The van der Waals surface area contributed by atoms with E-state index in [1.165, 1.54) is 23.5 Å². The van der Waals surface area contributed by atoms with E-state index in [2.05, 4.69) is 9.97 Å². The van der Waals surface area contributed by atoms with Gasteiger partial charge in [0.05, 0.1) is 17.6 Å². The molecule has 3 aromatic rings. The van der Waals surface area contributed by atoms with Crippen molar-refractivity contribution >= 4 is 40.8 Å².